The van der Waals surface area contributed by atoms with Gasteiger partial charge in [-0.1, -0.05) is 19.0 Å². The minimum Gasteiger partial charge on any atom is -0.368 e. The fourth-order valence-corrected chi connectivity index (χ4v) is 3.52. The molecule has 1 unspecified atom stereocenters. The predicted octanol–water partition coefficient (Wildman–Crippen LogP) is 2.80. The van der Waals surface area contributed by atoms with Crippen molar-refractivity contribution in [2.75, 3.05) is 13.2 Å². The number of aromatic nitrogens is 2. The van der Waals surface area contributed by atoms with Gasteiger partial charge in [-0.3, -0.25) is 0 Å². The molecule has 2 heterocycles. The van der Waals surface area contributed by atoms with Gasteiger partial charge in [0, 0.05) is 31.0 Å². The van der Waals surface area contributed by atoms with Gasteiger partial charge >= 0.3 is 0 Å². The second kappa shape index (κ2) is 5.06. The fraction of sp³-hybridized carbons (Fsp3) is 0.875. The fourth-order valence-electron chi connectivity index (χ4n) is 3.52. The van der Waals surface area contributed by atoms with Crippen LogP contribution in [0.5, 0.6) is 0 Å². The number of hydrogen-bond donors (Lipinski definition) is 1. The number of hydrogen-bond acceptors (Lipinski definition) is 5. The standard InChI is InChI=1S/C16H25N3O2/c1-16(2)7-5-12(16)17-9-11-6-8-20-13(11)15-18-14(19-21-15)10-3-4-10/h10-13,17H,3-9H2,1-2H3/t11-,12?,13-/m0/s1. The third kappa shape index (κ3) is 2.61. The third-order valence-corrected chi connectivity index (χ3v) is 5.50. The van der Waals surface area contributed by atoms with Gasteiger partial charge in [0.15, 0.2) is 5.82 Å². The van der Waals surface area contributed by atoms with Crippen LogP contribution in [-0.2, 0) is 4.74 Å². The summed E-state index contributed by atoms with van der Waals surface area (Å²) in [5, 5.41) is 7.84. The van der Waals surface area contributed by atoms with Gasteiger partial charge in [0.2, 0.25) is 0 Å². The summed E-state index contributed by atoms with van der Waals surface area (Å²) in [6.07, 6.45) is 6.08. The Balaban J connectivity index is 1.37. The Morgan fingerprint density at radius 2 is 2.10 bits per heavy atom. The van der Waals surface area contributed by atoms with Gasteiger partial charge in [0.05, 0.1) is 0 Å². The minimum absolute atomic E-state index is 0.0133. The third-order valence-electron chi connectivity index (χ3n) is 5.50. The van der Waals surface area contributed by atoms with Crippen molar-refractivity contribution >= 4 is 0 Å². The van der Waals surface area contributed by atoms with Crippen LogP contribution in [0.15, 0.2) is 4.52 Å². The quantitative estimate of drug-likeness (QED) is 0.904. The van der Waals surface area contributed by atoms with Crippen LogP contribution in [0.3, 0.4) is 0 Å². The highest BCUT2D eigenvalue weighted by molar-refractivity contribution is 5.05. The van der Waals surface area contributed by atoms with Gasteiger partial charge in [-0.15, -0.1) is 0 Å². The molecule has 0 aromatic carbocycles. The summed E-state index contributed by atoms with van der Waals surface area (Å²) in [6, 6.07) is 0.642. The summed E-state index contributed by atoms with van der Waals surface area (Å²) in [7, 11) is 0. The molecule has 4 rings (SSSR count). The van der Waals surface area contributed by atoms with Gasteiger partial charge in [-0.05, 0) is 37.5 Å². The van der Waals surface area contributed by atoms with E-state index >= 15 is 0 Å². The second-order valence-corrected chi connectivity index (χ2v) is 7.59. The lowest BCUT2D eigenvalue weighted by atomic mass is 9.67. The summed E-state index contributed by atoms with van der Waals surface area (Å²) in [4.78, 5) is 4.56. The summed E-state index contributed by atoms with van der Waals surface area (Å²) in [6.45, 7) is 6.47. The molecular weight excluding hydrogens is 266 g/mol. The molecule has 1 aromatic heterocycles. The van der Waals surface area contributed by atoms with E-state index in [9.17, 15) is 0 Å². The largest absolute Gasteiger partial charge is 0.368 e. The minimum atomic E-state index is -0.0133. The molecule has 21 heavy (non-hydrogen) atoms. The zero-order valence-electron chi connectivity index (χ0n) is 13.0. The molecule has 0 radical (unpaired) electrons. The highest BCUT2D eigenvalue weighted by Gasteiger charge is 2.40. The van der Waals surface area contributed by atoms with E-state index < -0.39 is 0 Å². The lowest BCUT2D eigenvalue weighted by Crippen LogP contribution is -2.51. The Labute approximate surface area is 125 Å². The summed E-state index contributed by atoms with van der Waals surface area (Å²) in [5.74, 6) is 2.56. The monoisotopic (exact) mass is 291 g/mol. The maximum atomic E-state index is 5.86. The first kappa shape index (κ1) is 13.7. The smallest absolute Gasteiger partial charge is 0.256 e. The van der Waals surface area contributed by atoms with Crippen LogP contribution in [0.25, 0.3) is 0 Å². The van der Waals surface area contributed by atoms with Gasteiger partial charge in [-0.25, -0.2) is 0 Å². The number of nitrogens with zero attached hydrogens (tertiary/aromatic N) is 2. The molecule has 1 saturated heterocycles. The maximum Gasteiger partial charge on any atom is 0.256 e. The summed E-state index contributed by atoms with van der Waals surface area (Å²) in [5.41, 5.74) is 0.443. The molecule has 0 spiro atoms. The van der Waals surface area contributed by atoms with Crippen molar-refractivity contribution in [1.82, 2.24) is 15.5 Å². The van der Waals surface area contributed by atoms with Crippen molar-refractivity contribution in [2.45, 2.75) is 64.0 Å². The molecule has 1 aromatic rings. The van der Waals surface area contributed by atoms with E-state index in [1.54, 1.807) is 0 Å². The first-order chi connectivity index (χ1) is 10.1. The average molecular weight is 291 g/mol. The normalized spacial score (nSPS) is 34.9. The highest BCUT2D eigenvalue weighted by atomic mass is 16.5. The Bertz CT molecular complexity index is 509. The molecule has 2 aliphatic carbocycles. The van der Waals surface area contributed by atoms with Crippen molar-refractivity contribution in [3.8, 4) is 0 Å². The first-order valence-electron chi connectivity index (χ1n) is 8.32. The Morgan fingerprint density at radius 3 is 2.76 bits per heavy atom. The zero-order chi connectivity index (χ0) is 14.4. The van der Waals surface area contributed by atoms with Gasteiger partial charge in [-0.2, -0.15) is 4.98 Å². The molecule has 3 aliphatic rings. The Hall–Kier alpha value is -0.940. The summed E-state index contributed by atoms with van der Waals surface area (Å²) < 4.78 is 11.3. The molecule has 0 amide bonds. The van der Waals surface area contributed by atoms with E-state index in [1.165, 1.54) is 25.7 Å². The molecule has 2 saturated carbocycles. The number of nitrogens with one attached hydrogen (secondary N) is 1. The molecule has 3 fully saturated rings. The average Bonchev–Trinajstić information content (AvgIpc) is 3.00. The van der Waals surface area contributed by atoms with Crippen LogP contribution < -0.4 is 5.32 Å². The second-order valence-electron chi connectivity index (χ2n) is 7.59. The van der Waals surface area contributed by atoms with E-state index in [2.05, 4.69) is 29.3 Å². The van der Waals surface area contributed by atoms with Crippen LogP contribution in [0.1, 0.15) is 69.7 Å². The molecule has 5 nitrogen and oxygen atoms in total. The molecule has 1 N–H and O–H groups in total. The van der Waals surface area contributed by atoms with Crippen LogP contribution in [0, 0.1) is 11.3 Å². The van der Waals surface area contributed by atoms with Crippen molar-refractivity contribution in [2.24, 2.45) is 11.3 Å². The SMILES string of the molecule is CC1(C)CCC1NC[C@@H]1CCO[C@@H]1c1nc(C2CC2)no1. The van der Waals surface area contributed by atoms with E-state index in [0.717, 1.165) is 25.4 Å². The van der Waals surface area contributed by atoms with Gasteiger partial charge in [0.25, 0.3) is 5.89 Å². The van der Waals surface area contributed by atoms with Gasteiger partial charge in [0.1, 0.15) is 6.10 Å². The highest BCUT2D eigenvalue weighted by Crippen LogP contribution is 2.42. The van der Waals surface area contributed by atoms with Crippen LogP contribution in [0.4, 0.5) is 0 Å². The lowest BCUT2D eigenvalue weighted by molar-refractivity contribution is 0.0540. The lowest BCUT2D eigenvalue weighted by Gasteiger charge is -2.45. The molecule has 1 aliphatic heterocycles. The van der Waals surface area contributed by atoms with Crippen molar-refractivity contribution < 1.29 is 9.26 Å². The van der Waals surface area contributed by atoms with E-state index in [-0.39, 0.29) is 6.10 Å². The first-order valence-corrected chi connectivity index (χ1v) is 8.32. The molecule has 116 valence electrons. The van der Waals surface area contributed by atoms with E-state index in [0.29, 0.717) is 29.2 Å². The summed E-state index contributed by atoms with van der Waals surface area (Å²) >= 11 is 0. The molecule has 5 heteroatoms. The molecule has 3 atom stereocenters. The van der Waals surface area contributed by atoms with E-state index in [1.807, 2.05) is 0 Å². The van der Waals surface area contributed by atoms with Crippen LogP contribution >= 0.6 is 0 Å². The predicted molar refractivity (Wildman–Crippen MR) is 77.9 cm³/mol. The maximum absolute atomic E-state index is 5.86. The van der Waals surface area contributed by atoms with E-state index in [4.69, 9.17) is 9.26 Å². The number of ether oxygens (including phenoxy) is 1. The number of rotatable bonds is 5. The van der Waals surface area contributed by atoms with Crippen molar-refractivity contribution in [3.05, 3.63) is 11.7 Å². The van der Waals surface area contributed by atoms with Crippen molar-refractivity contribution in [3.63, 3.8) is 0 Å². The molecular formula is C16H25N3O2. The Morgan fingerprint density at radius 1 is 1.24 bits per heavy atom. The topological polar surface area (TPSA) is 60.2 Å². The zero-order valence-corrected chi connectivity index (χ0v) is 13.0. The van der Waals surface area contributed by atoms with Crippen LogP contribution in [-0.4, -0.2) is 29.3 Å². The molecule has 0 bridgehead atoms. The van der Waals surface area contributed by atoms with Crippen molar-refractivity contribution in [1.29, 1.82) is 0 Å². The van der Waals surface area contributed by atoms with Gasteiger partial charge < -0.3 is 14.6 Å². The van der Waals surface area contributed by atoms with Crippen LogP contribution in [0.2, 0.25) is 0 Å². The Kier molecular flexibility index (Phi) is 3.30.